The van der Waals surface area contributed by atoms with Crippen LogP contribution in [0, 0.1) is 0 Å². The molecule has 0 unspecified atom stereocenters. The fourth-order valence-corrected chi connectivity index (χ4v) is 4.28. The number of nitrogens with zero attached hydrogens (tertiary/aromatic N) is 4. The summed E-state index contributed by atoms with van der Waals surface area (Å²) in [5.41, 5.74) is 0.734. The number of amides is 1. The molecular weight excluding hydrogens is 476 g/mol. The highest BCUT2D eigenvalue weighted by atomic mass is 32.2. The lowest BCUT2D eigenvalue weighted by atomic mass is 10.2. The minimum absolute atomic E-state index is 0.0209. The molecule has 2 aromatic carbocycles. The molecule has 0 saturated carbocycles. The summed E-state index contributed by atoms with van der Waals surface area (Å²) >= 11 is 0. The first-order chi connectivity index (χ1) is 16.7. The summed E-state index contributed by atoms with van der Waals surface area (Å²) in [6, 6.07) is 11.5. The van der Waals surface area contributed by atoms with Gasteiger partial charge in [0, 0.05) is 25.7 Å². The third-order valence-corrected chi connectivity index (χ3v) is 6.91. The van der Waals surface area contributed by atoms with Gasteiger partial charge in [0.2, 0.25) is 27.6 Å². The quantitative estimate of drug-likeness (QED) is 0.387. The van der Waals surface area contributed by atoms with E-state index in [0.29, 0.717) is 18.2 Å². The number of aromatic nitrogens is 2. The molecule has 1 aromatic heterocycles. The lowest BCUT2D eigenvalue weighted by Gasteiger charge is -2.21. The number of likely N-dealkylation sites (N-methyl/N-ethyl adjacent to an activating group) is 2. The average molecular weight is 505 g/mol. The van der Waals surface area contributed by atoms with Gasteiger partial charge in [-0.25, -0.2) is 8.42 Å². The van der Waals surface area contributed by atoms with Crippen molar-refractivity contribution >= 4 is 15.9 Å². The number of hydrogen-bond donors (Lipinski definition) is 0. The van der Waals surface area contributed by atoms with Crippen LogP contribution in [0.15, 0.2) is 51.9 Å². The lowest BCUT2D eigenvalue weighted by Crippen LogP contribution is -2.39. The molecular formula is C23H28N4O7S. The molecule has 3 rings (SSSR count). The molecule has 0 atom stereocenters. The van der Waals surface area contributed by atoms with E-state index in [0.717, 1.165) is 15.6 Å². The Balaban J connectivity index is 1.64. The standard InChI is InChI=1S/C23H28N4O7S/c1-6-33-17-9-7-16(8-10-17)23-24-21(34-25-23)14-26(2)22(28)15-27(3)35(29,30)18-11-12-19(31-4)20(13-18)32-5/h7-13H,6,14-15H2,1-5H3. The monoisotopic (exact) mass is 504 g/mol. The van der Waals surface area contributed by atoms with E-state index in [2.05, 4.69) is 10.1 Å². The van der Waals surface area contributed by atoms with E-state index in [4.69, 9.17) is 18.7 Å². The van der Waals surface area contributed by atoms with E-state index in [1.54, 1.807) is 12.1 Å². The van der Waals surface area contributed by atoms with Crippen LogP contribution >= 0.6 is 0 Å². The number of carbonyl (C=O) groups is 1. The van der Waals surface area contributed by atoms with Crippen molar-refractivity contribution in [2.24, 2.45) is 0 Å². The highest BCUT2D eigenvalue weighted by Crippen LogP contribution is 2.30. The summed E-state index contributed by atoms with van der Waals surface area (Å²) < 4.78 is 47.9. The molecule has 3 aromatic rings. The number of ether oxygens (including phenoxy) is 3. The van der Waals surface area contributed by atoms with Gasteiger partial charge in [0.25, 0.3) is 0 Å². The predicted octanol–water partition coefficient (Wildman–Crippen LogP) is 2.43. The van der Waals surface area contributed by atoms with Crippen LogP contribution in [-0.2, 0) is 21.4 Å². The molecule has 0 saturated heterocycles. The molecule has 0 radical (unpaired) electrons. The molecule has 11 nitrogen and oxygen atoms in total. The van der Waals surface area contributed by atoms with Crippen LogP contribution in [0.5, 0.6) is 17.2 Å². The third kappa shape index (κ3) is 6.08. The van der Waals surface area contributed by atoms with E-state index in [1.165, 1.54) is 51.4 Å². The first kappa shape index (κ1) is 26.0. The van der Waals surface area contributed by atoms with Gasteiger partial charge in [-0.05, 0) is 43.3 Å². The van der Waals surface area contributed by atoms with Crippen LogP contribution in [0.1, 0.15) is 12.8 Å². The van der Waals surface area contributed by atoms with Gasteiger partial charge in [0.15, 0.2) is 11.5 Å². The summed E-state index contributed by atoms with van der Waals surface area (Å²) in [7, 11) is 1.77. The fourth-order valence-electron chi connectivity index (χ4n) is 3.15. The summed E-state index contributed by atoms with van der Waals surface area (Å²) in [6.45, 7) is 2.11. The summed E-state index contributed by atoms with van der Waals surface area (Å²) in [4.78, 5) is 18.3. The highest BCUT2D eigenvalue weighted by Gasteiger charge is 2.26. The fraction of sp³-hybridized carbons (Fsp3) is 0.348. The van der Waals surface area contributed by atoms with Crippen LogP contribution in [0.3, 0.4) is 0 Å². The van der Waals surface area contributed by atoms with Gasteiger partial charge in [-0.1, -0.05) is 5.16 Å². The maximum Gasteiger partial charge on any atom is 0.246 e. The van der Waals surface area contributed by atoms with Crippen LogP contribution in [0.25, 0.3) is 11.4 Å². The molecule has 188 valence electrons. The Bertz CT molecular complexity index is 1260. The van der Waals surface area contributed by atoms with Crippen LogP contribution in [0.2, 0.25) is 0 Å². The van der Waals surface area contributed by atoms with E-state index >= 15 is 0 Å². The van der Waals surface area contributed by atoms with Crippen molar-refractivity contribution in [3.8, 4) is 28.6 Å². The van der Waals surface area contributed by atoms with Gasteiger partial charge in [0.1, 0.15) is 5.75 Å². The first-order valence-electron chi connectivity index (χ1n) is 10.7. The average Bonchev–Trinajstić information content (AvgIpc) is 3.32. The van der Waals surface area contributed by atoms with E-state index in [9.17, 15) is 13.2 Å². The second kappa shape index (κ2) is 11.2. The zero-order chi connectivity index (χ0) is 25.6. The minimum atomic E-state index is -3.95. The summed E-state index contributed by atoms with van der Waals surface area (Å²) in [5.74, 6) is 1.54. The molecule has 0 fully saturated rings. The number of carbonyl (C=O) groups excluding carboxylic acids is 1. The topological polar surface area (TPSA) is 124 Å². The third-order valence-electron chi connectivity index (χ3n) is 5.11. The van der Waals surface area contributed by atoms with Crippen molar-refractivity contribution in [2.45, 2.75) is 18.4 Å². The first-order valence-corrected chi connectivity index (χ1v) is 12.1. The van der Waals surface area contributed by atoms with Gasteiger partial charge >= 0.3 is 0 Å². The number of sulfonamides is 1. The minimum Gasteiger partial charge on any atom is -0.494 e. The smallest absolute Gasteiger partial charge is 0.246 e. The van der Waals surface area contributed by atoms with Gasteiger partial charge in [-0.15, -0.1) is 0 Å². The molecule has 1 heterocycles. The molecule has 0 aliphatic carbocycles. The van der Waals surface area contributed by atoms with Gasteiger partial charge in [0.05, 0.1) is 38.8 Å². The van der Waals surface area contributed by atoms with Crippen LogP contribution in [0.4, 0.5) is 0 Å². The molecule has 0 aliphatic rings. The highest BCUT2D eigenvalue weighted by molar-refractivity contribution is 7.89. The van der Waals surface area contributed by atoms with Gasteiger partial charge in [-0.3, -0.25) is 4.79 Å². The molecule has 0 bridgehead atoms. The van der Waals surface area contributed by atoms with Crippen molar-refractivity contribution in [1.82, 2.24) is 19.3 Å². The second-order valence-electron chi connectivity index (χ2n) is 7.50. The molecule has 0 spiro atoms. The Morgan fingerprint density at radius 3 is 2.34 bits per heavy atom. The number of benzene rings is 2. The molecule has 12 heteroatoms. The van der Waals surface area contributed by atoms with E-state index < -0.39 is 15.9 Å². The predicted molar refractivity (Wildman–Crippen MR) is 127 cm³/mol. The molecule has 0 N–H and O–H groups in total. The zero-order valence-corrected chi connectivity index (χ0v) is 21.0. The van der Waals surface area contributed by atoms with Crippen LogP contribution in [-0.4, -0.2) is 75.1 Å². The Morgan fingerprint density at radius 1 is 1.03 bits per heavy atom. The summed E-state index contributed by atoms with van der Waals surface area (Å²) in [6.07, 6.45) is 0. The van der Waals surface area contributed by atoms with Crippen molar-refractivity contribution in [1.29, 1.82) is 0 Å². The molecule has 35 heavy (non-hydrogen) atoms. The van der Waals surface area contributed by atoms with Crippen molar-refractivity contribution in [2.75, 3.05) is 41.5 Å². The molecule has 1 amide bonds. The molecule has 0 aliphatic heterocycles. The zero-order valence-electron chi connectivity index (χ0n) is 20.2. The van der Waals surface area contributed by atoms with Crippen LogP contribution < -0.4 is 14.2 Å². The maximum absolute atomic E-state index is 13.0. The van der Waals surface area contributed by atoms with Gasteiger partial charge in [-0.2, -0.15) is 9.29 Å². The second-order valence-corrected chi connectivity index (χ2v) is 9.54. The number of hydrogen-bond acceptors (Lipinski definition) is 9. The summed E-state index contributed by atoms with van der Waals surface area (Å²) in [5, 5.41) is 3.95. The Hall–Kier alpha value is -3.64. The Morgan fingerprint density at radius 2 is 1.71 bits per heavy atom. The lowest BCUT2D eigenvalue weighted by molar-refractivity contribution is -0.130. The van der Waals surface area contributed by atoms with Crippen molar-refractivity contribution in [3.05, 3.63) is 48.4 Å². The maximum atomic E-state index is 13.0. The number of methoxy groups -OCH3 is 2. The van der Waals surface area contributed by atoms with Crippen molar-refractivity contribution in [3.63, 3.8) is 0 Å². The largest absolute Gasteiger partial charge is 0.494 e. The van der Waals surface area contributed by atoms with Crippen molar-refractivity contribution < 1.29 is 31.9 Å². The Kier molecular flexibility index (Phi) is 8.30. The normalized spacial score (nSPS) is 11.4. The SMILES string of the molecule is CCOc1ccc(-c2noc(CN(C)C(=O)CN(C)S(=O)(=O)c3ccc(OC)c(OC)c3)n2)cc1. The Labute approximate surface area is 204 Å². The van der Waals surface area contributed by atoms with E-state index in [-0.39, 0.29) is 29.6 Å². The van der Waals surface area contributed by atoms with Gasteiger partial charge < -0.3 is 23.6 Å². The van der Waals surface area contributed by atoms with E-state index in [1.807, 2.05) is 19.1 Å². The number of rotatable bonds is 11.